The Balaban J connectivity index is 1.40. The molecule has 1 aromatic rings. The molecule has 2 atom stereocenters. The van der Waals surface area contributed by atoms with E-state index in [0.29, 0.717) is 12.5 Å². The first-order valence-electron chi connectivity index (χ1n) is 7.75. The fraction of sp³-hybridized carbons (Fsp3) is 0.588. The maximum atomic E-state index is 11.4. The van der Waals surface area contributed by atoms with E-state index in [0.717, 1.165) is 44.6 Å². The number of carbonyl (C=O) groups is 1. The summed E-state index contributed by atoms with van der Waals surface area (Å²) in [5, 5.41) is 9.35. The summed E-state index contributed by atoms with van der Waals surface area (Å²) in [6.07, 6.45) is 2.85. The molecule has 1 heterocycles. The van der Waals surface area contributed by atoms with Crippen molar-refractivity contribution >= 4 is 5.97 Å². The van der Waals surface area contributed by atoms with Gasteiger partial charge in [-0.3, -0.25) is 4.79 Å². The topological polar surface area (TPSA) is 49.8 Å². The predicted octanol–water partition coefficient (Wildman–Crippen LogP) is 2.56. The van der Waals surface area contributed by atoms with Crippen LogP contribution < -0.4 is 4.74 Å². The molecule has 1 aliphatic heterocycles. The van der Waals surface area contributed by atoms with Gasteiger partial charge in [0, 0.05) is 13.1 Å². The van der Waals surface area contributed by atoms with Gasteiger partial charge in [0.2, 0.25) is 0 Å². The van der Waals surface area contributed by atoms with E-state index in [1.165, 1.54) is 5.56 Å². The molecule has 2 unspecified atom stereocenters. The molecule has 1 aromatic carbocycles. The van der Waals surface area contributed by atoms with Gasteiger partial charge in [-0.25, -0.2) is 0 Å². The van der Waals surface area contributed by atoms with Gasteiger partial charge in [-0.1, -0.05) is 17.7 Å². The van der Waals surface area contributed by atoms with Crippen LogP contribution in [0.15, 0.2) is 24.3 Å². The van der Waals surface area contributed by atoms with Crippen LogP contribution in [0.3, 0.4) is 0 Å². The van der Waals surface area contributed by atoms with Crippen molar-refractivity contribution in [1.82, 2.24) is 4.90 Å². The molecule has 0 radical (unpaired) electrons. The van der Waals surface area contributed by atoms with Crippen molar-refractivity contribution in [3.63, 3.8) is 0 Å². The SMILES string of the molecule is Cc1ccc(OCCCN2CCC3CC3(C(=O)O)C2)cc1. The first-order valence-corrected chi connectivity index (χ1v) is 7.75. The van der Waals surface area contributed by atoms with E-state index < -0.39 is 11.4 Å². The number of carboxylic acid groups (broad SMARTS) is 1. The summed E-state index contributed by atoms with van der Waals surface area (Å²) < 4.78 is 5.72. The molecule has 21 heavy (non-hydrogen) atoms. The number of rotatable bonds is 6. The highest BCUT2D eigenvalue weighted by atomic mass is 16.5. The van der Waals surface area contributed by atoms with E-state index in [1.807, 2.05) is 24.3 Å². The molecule has 1 aliphatic carbocycles. The van der Waals surface area contributed by atoms with E-state index in [4.69, 9.17) is 4.74 Å². The third kappa shape index (κ3) is 3.05. The van der Waals surface area contributed by atoms with Crippen molar-refractivity contribution in [2.45, 2.75) is 26.2 Å². The Morgan fingerprint density at radius 1 is 1.43 bits per heavy atom. The van der Waals surface area contributed by atoms with Gasteiger partial charge in [0.15, 0.2) is 0 Å². The summed E-state index contributed by atoms with van der Waals surface area (Å²) in [5.41, 5.74) is 0.810. The summed E-state index contributed by atoms with van der Waals surface area (Å²) in [6, 6.07) is 8.07. The fourth-order valence-corrected chi connectivity index (χ4v) is 3.40. The zero-order valence-electron chi connectivity index (χ0n) is 12.5. The molecule has 114 valence electrons. The maximum Gasteiger partial charge on any atom is 0.311 e. The minimum Gasteiger partial charge on any atom is -0.494 e. The lowest BCUT2D eigenvalue weighted by Crippen LogP contribution is -2.41. The van der Waals surface area contributed by atoms with Crippen molar-refractivity contribution in [2.75, 3.05) is 26.2 Å². The lowest BCUT2D eigenvalue weighted by molar-refractivity contribution is -0.145. The van der Waals surface area contributed by atoms with Crippen LogP contribution >= 0.6 is 0 Å². The smallest absolute Gasteiger partial charge is 0.311 e. The number of aliphatic carboxylic acids is 1. The normalized spacial score (nSPS) is 28.0. The van der Waals surface area contributed by atoms with Gasteiger partial charge in [0.1, 0.15) is 5.75 Å². The van der Waals surface area contributed by atoms with Crippen molar-refractivity contribution in [1.29, 1.82) is 0 Å². The van der Waals surface area contributed by atoms with Crippen molar-refractivity contribution in [3.8, 4) is 5.75 Å². The molecule has 0 bridgehead atoms. The van der Waals surface area contributed by atoms with Crippen LogP contribution in [0.2, 0.25) is 0 Å². The van der Waals surface area contributed by atoms with E-state index in [-0.39, 0.29) is 0 Å². The molecule has 1 saturated carbocycles. The second-order valence-corrected chi connectivity index (χ2v) is 6.44. The summed E-state index contributed by atoms with van der Waals surface area (Å²) in [6.45, 7) is 5.42. The lowest BCUT2D eigenvalue weighted by atomic mass is 9.97. The van der Waals surface area contributed by atoms with Crippen LogP contribution in [-0.2, 0) is 4.79 Å². The Morgan fingerprint density at radius 2 is 2.19 bits per heavy atom. The van der Waals surface area contributed by atoms with Gasteiger partial charge in [-0.15, -0.1) is 0 Å². The highest BCUT2D eigenvalue weighted by molar-refractivity contribution is 5.79. The molecular formula is C17H23NO3. The number of ether oxygens (including phenoxy) is 1. The fourth-order valence-electron chi connectivity index (χ4n) is 3.40. The molecule has 1 N–H and O–H groups in total. The highest BCUT2D eigenvalue weighted by Gasteiger charge is 2.62. The van der Waals surface area contributed by atoms with Crippen molar-refractivity contribution in [2.24, 2.45) is 11.3 Å². The monoisotopic (exact) mass is 289 g/mol. The average molecular weight is 289 g/mol. The standard InChI is InChI=1S/C17H23NO3/c1-13-3-5-15(6-4-13)21-10-2-8-18-9-7-14-11-17(14,12-18)16(19)20/h3-6,14H,2,7-12H2,1H3,(H,19,20). The molecule has 4 heteroatoms. The van der Waals surface area contributed by atoms with Crippen LogP contribution in [0.1, 0.15) is 24.8 Å². The lowest BCUT2D eigenvalue weighted by Gasteiger charge is -2.30. The number of hydrogen-bond acceptors (Lipinski definition) is 3. The second-order valence-electron chi connectivity index (χ2n) is 6.44. The largest absolute Gasteiger partial charge is 0.494 e. The van der Waals surface area contributed by atoms with Gasteiger partial charge in [-0.2, -0.15) is 0 Å². The number of likely N-dealkylation sites (tertiary alicyclic amines) is 1. The number of benzene rings is 1. The van der Waals surface area contributed by atoms with Crippen molar-refractivity contribution < 1.29 is 14.6 Å². The molecule has 1 saturated heterocycles. The molecular weight excluding hydrogens is 266 g/mol. The quantitative estimate of drug-likeness (QED) is 0.818. The Kier molecular flexibility index (Phi) is 3.89. The Bertz CT molecular complexity index is 513. The third-order valence-corrected chi connectivity index (χ3v) is 4.87. The van der Waals surface area contributed by atoms with E-state index >= 15 is 0 Å². The van der Waals surface area contributed by atoms with Crippen LogP contribution in [-0.4, -0.2) is 42.2 Å². The summed E-state index contributed by atoms with van der Waals surface area (Å²) in [7, 11) is 0. The number of hydrogen-bond donors (Lipinski definition) is 1. The number of fused-ring (bicyclic) bond motifs is 1. The third-order valence-electron chi connectivity index (χ3n) is 4.87. The van der Waals surface area contributed by atoms with Crippen molar-refractivity contribution in [3.05, 3.63) is 29.8 Å². The first kappa shape index (κ1) is 14.4. The van der Waals surface area contributed by atoms with Crippen LogP contribution in [0.25, 0.3) is 0 Å². The zero-order valence-corrected chi connectivity index (χ0v) is 12.5. The number of aryl methyl sites for hydroxylation is 1. The highest BCUT2D eigenvalue weighted by Crippen LogP contribution is 2.57. The zero-order chi connectivity index (χ0) is 14.9. The van der Waals surface area contributed by atoms with E-state index in [9.17, 15) is 9.90 Å². The summed E-state index contributed by atoms with van der Waals surface area (Å²) in [4.78, 5) is 13.6. The molecule has 0 aromatic heterocycles. The number of nitrogens with zero attached hydrogens (tertiary/aromatic N) is 1. The molecule has 0 spiro atoms. The summed E-state index contributed by atoms with van der Waals surface area (Å²) >= 11 is 0. The Hall–Kier alpha value is -1.55. The van der Waals surface area contributed by atoms with E-state index in [1.54, 1.807) is 0 Å². The van der Waals surface area contributed by atoms with Gasteiger partial charge < -0.3 is 14.7 Å². The average Bonchev–Trinajstić information content (AvgIpc) is 3.21. The van der Waals surface area contributed by atoms with Gasteiger partial charge in [0.25, 0.3) is 0 Å². The minimum atomic E-state index is -0.604. The second kappa shape index (κ2) is 5.68. The van der Waals surface area contributed by atoms with Crippen LogP contribution in [0.5, 0.6) is 5.75 Å². The van der Waals surface area contributed by atoms with Gasteiger partial charge in [-0.05, 0) is 50.8 Å². The van der Waals surface area contributed by atoms with Crippen LogP contribution in [0.4, 0.5) is 0 Å². The molecule has 2 aliphatic rings. The molecule has 4 nitrogen and oxygen atoms in total. The maximum absolute atomic E-state index is 11.4. The van der Waals surface area contributed by atoms with E-state index in [2.05, 4.69) is 11.8 Å². The molecule has 0 amide bonds. The van der Waals surface area contributed by atoms with Gasteiger partial charge >= 0.3 is 5.97 Å². The predicted molar refractivity (Wildman–Crippen MR) is 80.5 cm³/mol. The molecule has 3 rings (SSSR count). The first-order chi connectivity index (χ1) is 10.1. The Morgan fingerprint density at radius 3 is 2.90 bits per heavy atom. The number of piperidine rings is 1. The molecule has 2 fully saturated rings. The Labute approximate surface area is 125 Å². The minimum absolute atomic E-state index is 0.421. The van der Waals surface area contributed by atoms with Crippen LogP contribution in [0, 0.1) is 18.3 Å². The summed E-state index contributed by atoms with van der Waals surface area (Å²) in [5.74, 6) is 0.728. The number of carboxylic acids is 1. The van der Waals surface area contributed by atoms with Gasteiger partial charge in [0.05, 0.1) is 12.0 Å².